The maximum absolute atomic E-state index is 13.3. The van der Waals surface area contributed by atoms with Gasteiger partial charge in [0, 0.05) is 36.0 Å². The minimum Gasteiger partial charge on any atom is -0.406 e. The highest BCUT2D eigenvalue weighted by Gasteiger charge is 2.31. The van der Waals surface area contributed by atoms with Gasteiger partial charge in [-0.15, -0.1) is 13.2 Å². The van der Waals surface area contributed by atoms with E-state index in [-0.39, 0.29) is 36.8 Å². The molecule has 2 aromatic carbocycles. The molecular formula is C25H24F3N3O3. The van der Waals surface area contributed by atoms with Crippen molar-refractivity contribution in [1.29, 1.82) is 5.26 Å². The predicted octanol–water partition coefficient (Wildman–Crippen LogP) is 4.74. The third kappa shape index (κ3) is 5.34. The van der Waals surface area contributed by atoms with Crippen molar-refractivity contribution in [3.63, 3.8) is 0 Å². The number of fused-ring (bicyclic) bond motifs is 1. The molecule has 1 aromatic heterocycles. The molecule has 1 heterocycles. The van der Waals surface area contributed by atoms with Crippen LogP contribution in [-0.4, -0.2) is 34.6 Å². The fourth-order valence-electron chi connectivity index (χ4n) is 4.58. The van der Waals surface area contributed by atoms with Gasteiger partial charge in [-0.05, 0) is 54.8 Å². The average molecular weight is 471 g/mol. The highest BCUT2D eigenvalue weighted by atomic mass is 19.4. The van der Waals surface area contributed by atoms with Crippen molar-refractivity contribution in [1.82, 2.24) is 9.88 Å². The van der Waals surface area contributed by atoms with Gasteiger partial charge in [-0.1, -0.05) is 25.0 Å². The zero-order chi connectivity index (χ0) is 24.3. The Labute approximate surface area is 194 Å². The van der Waals surface area contributed by atoms with Gasteiger partial charge in [-0.2, -0.15) is 5.26 Å². The second-order valence-electron chi connectivity index (χ2n) is 8.50. The molecule has 3 aromatic rings. The Kier molecular flexibility index (Phi) is 6.80. The Morgan fingerprint density at radius 3 is 2.71 bits per heavy atom. The lowest BCUT2D eigenvalue weighted by atomic mass is 9.85. The third-order valence-corrected chi connectivity index (χ3v) is 6.20. The third-order valence-electron chi connectivity index (χ3n) is 6.20. The number of ether oxygens (including phenoxy) is 1. The summed E-state index contributed by atoms with van der Waals surface area (Å²) >= 11 is 0. The van der Waals surface area contributed by atoms with E-state index in [1.54, 1.807) is 34.9 Å². The molecule has 0 unspecified atom stereocenters. The predicted molar refractivity (Wildman–Crippen MR) is 119 cm³/mol. The van der Waals surface area contributed by atoms with E-state index in [9.17, 15) is 28.3 Å². The summed E-state index contributed by atoms with van der Waals surface area (Å²) in [7, 11) is 0. The van der Waals surface area contributed by atoms with E-state index in [4.69, 9.17) is 0 Å². The number of alkyl halides is 3. The number of halogens is 3. The smallest absolute Gasteiger partial charge is 0.406 e. The number of rotatable bonds is 6. The first-order valence-corrected chi connectivity index (χ1v) is 11.1. The highest BCUT2D eigenvalue weighted by Crippen LogP contribution is 2.28. The summed E-state index contributed by atoms with van der Waals surface area (Å²) in [5.41, 5.74) is 1.96. The van der Waals surface area contributed by atoms with Crippen molar-refractivity contribution in [2.24, 2.45) is 5.92 Å². The van der Waals surface area contributed by atoms with Gasteiger partial charge >= 0.3 is 6.36 Å². The first kappa shape index (κ1) is 23.6. The SMILES string of the molecule is N#Cc1ccc2c(c1)cc(C(=O)N[C@@H]1CCCC[C@@H]1CO)n2Cc1cccc(OC(F)(F)F)c1. The van der Waals surface area contributed by atoms with Gasteiger partial charge in [0.1, 0.15) is 11.4 Å². The summed E-state index contributed by atoms with van der Waals surface area (Å²) in [6, 6.07) is 14.2. The van der Waals surface area contributed by atoms with Gasteiger partial charge in [0.15, 0.2) is 0 Å². The summed E-state index contributed by atoms with van der Waals surface area (Å²) < 4.78 is 43.7. The second-order valence-corrected chi connectivity index (χ2v) is 8.50. The van der Waals surface area contributed by atoms with Crippen molar-refractivity contribution in [3.05, 3.63) is 65.4 Å². The number of aliphatic hydroxyl groups is 1. The van der Waals surface area contributed by atoms with Gasteiger partial charge in [-0.3, -0.25) is 4.79 Å². The molecule has 1 aliphatic carbocycles. The van der Waals surface area contributed by atoms with Crippen molar-refractivity contribution in [3.8, 4) is 11.8 Å². The van der Waals surface area contributed by atoms with Crippen molar-refractivity contribution >= 4 is 16.8 Å². The molecule has 0 aliphatic heterocycles. The van der Waals surface area contributed by atoms with Gasteiger partial charge in [0.2, 0.25) is 0 Å². The number of hydrogen-bond donors (Lipinski definition) is 2. The summed E-state index contributed by atoms with van der Waals surface area (Å²) in [6.07, 6.45) is -1.23. The number of hydrogen-bond acceptors (Lipinski definition) is 4. The molecule has 0 saturated heterocycles. The monoisotopic (exact) mass is 471 g/mol. The molecule has 0 bridgehead atoms. The molecule has 0 spiro atoms. The molecular weight excluding hydrogens is 447 g/mol. The number of aromatic nitrogens is 1. The number of nitrogens with one attached hydrogen (secondary N) is 1. The van der Waals surface area contributed by atoms with Gasteiger partial charge < -0.3 is 19.7 Å². The van der Waals surface area contributed by atoms with E-state index in [1.807, 2.05) is 0 Å². The summed E-state index contributed by atoms with van der Waals surface area (Å²) in [5.74, 6) is -0.688. The van der Waals surface area contributed by atoms with Gasteiger partial charge in [0.25, 0.3) is 5.91 Å². The van der Waals surface area contributed by atoms with Crippen LogP contribution >= 0.6 is 0 Å². The molecule has 9 heteroatoms. The number of aliphatic hydroxyl groups excluding tert-OH is 1. The fraction of sp³-hybridized carbons (Fsp3) is 0.360. The zero-order valence-electron chi connectivity index (χ0n) is 18.3. The molecule has 34 heavy (non-hydrogen) atoms. The second kappa shape index (κ2) is 9.77. The quantitative estimate of drug-likeness (QED) is 0.544. The number of benzene rings is 2. The lowest BCUT2D eigenvalue weighted by Crippen LogP contribution is -2.44. The van der Waals surface area contributed by atoms with Crippen LogP contribution in [0.15, 0.2) is 48.5 Å². The zero-order valence-corrected chi connectivity index (χ0v) is 18.3. The normalized spacial score (nSPS) is 18.4. The first-order chi connectivity index (χ1) is 16.3. The van der Waals surface area contributed by atoms with E-state index in [0.29, 0.717) is 27.7 Å². The molecule has 2 atom stereocenters. The van der Waals surface area contributed by atoms with Crippen LogP contribution < -0.4 is 10.1 Å². The lowest BCUT2D eigenvalue weighted by molar-refractivity contribution is -0.274. The Hall–Kier alpha value is -3.51. The average Bonchev–Trinajstić information content (AvgIpc) is 3.16. The van der Waals surface area contributed by atoms with Gasteiger partial charge in [0.05, 0.1) is 11.6 Å². The van der Waals surface area contributed by atoms with Crippen LogP contribution in [0.1, 0.15) is 47.3 Å². The van der Waals surface area contributed by atoms with Crippen LogP contribution in [0, 0.1) is 17.2 Å². The van der Waals surface area contributed by atoms with Crippen LogP contribution in [0.3, 0.4) is 0 Å². The topological polar surface area (TPSA) is 87.3 Å². The van der Waals surface area contributed by atoms with Crippen molar-refractivity contribution in [2.75, 3.05) is 6.61 Å². The first-order valence-electron chi connectivity index (χ1n) is 11.1. The van der Waals surface area contributed by atoms with Crippen LogP contribution in [0.25, 0.3) is 10.9 Å². The summed E-state index contributed by atoms with van der Waals surface area (Å²) in [4.78, 5) is 13.3. The Bertz CT molecular complexity index is 1230. The summed E-state index contributed by atoms with van der Waals surface area (Å²) in [5, 5.41) is 22.7. The molecule has 2 N–H and O–H groups in total. The molecule has 1 amide bonds. The van der Waals surface area contributed by atoms with Crippen LogP contribution in [0.4, 0.5) is 13.2 Å². The Morgan fingerprint density at radius 2 is 1.97 bits per heavy atom. The molecule has 1 aliphatic rings. The minimum atomic E-state index is -4.80. The molecule has 4 rings (SSSR count). The number of carbonyl (C=O) groups excluding carboxylic acids is 1. The van der Waals surface area contributed by atoms with E-state index >= 15 is 0 Å². The Balaban J connectivity index is 1.69. The van der Waals surface area contributed by atoms with Crippen LogP contribution in [0.2, 0.25) is 0 Å². The lowest BCUT2D eigenvalue weighted by Gasteiger charge is -2.31. The van der Waals surface area contributed by atoms with Crippen LogP contribution in [-0.2, 0) is 6.54 Å². The number of nitrogens with zero attached hydrogens (tertiary/aromatic N) is 2. The van der Waals surface area contributed by atoms with E-state index < -0.39 is 6.36 Å². The standard InChI is InChI=1S/C25H24F3N3O3/c26-25(27,28)34-20-6-3-4-17(11-20)14-31-22-9-8-16(13-29)10-19(22)12-23(31)24(33)30-21-7-2-1-5-18(21)15-32/h3-4,6,8-12,18,21,32H,1-2,5,7,14-15H2,(H,30,33)/t18-,21-/m1/s1. The van der Waals surface area contributed by atoms with Crippen molar-refractivity contribution in [2.45, 2.75) is 44.6 Å². The van der Waals surface area contributed by atoms with Crippen LogP contribution in [0.5, 0.6) is 5.75 Å². The van der Waals surface area contributed by atoms with E-state index in [1.165, 1.54) is 18.2 Å². The maximum Gasteiger partial charge on any atom is 0.573 e. The Morgan fingerprint density at radius 1 is 1.18 bits per heavy atom. The van der Waals surface area contributed by atoms with E-state index in [0.717, 1.165) is 25.7 Å². The molecule has 178 valence electrons. The number of amides is 1. The maximum atomic E-state index is 13.3. The minimum absolute atomic E-state index is 0.00847. The van der Waals surface area contributed by atoms with Crippen molar-refractivity contribution < 1.29 is 27.8 Å². The molecule has 6 nitrogen and oxygen atoms in total. The highest BCUT2D eigenvalue weighted by molar-refractivity contribution is 5.99. The summed E-state index contributed by atoms with van der Waals surface area (Å²) in [6.45, 7) is 0.118. The fourth-order valence-corrected chi connectivity index (χ4v) is 4.58. The van der Waals surface area contributed by atoms with Gasteiger partial charge in [-0.25, -0.2) is 0 Å². The molecule has 1 fully saturated rings. The number of nitriles is 1. The molecule has 1 saturated carbocycles. The number of carbonyl (C=O) groups is 1. The van der Waals surface area contributed by atoms with E-state index in [2.05, 4.69) is 16.1 Å². The largest absolute Gasteiger partial charge is 0.573 e. The molecule has 0 radical (unpaired) electrons.